The molecule has 2 N–H and O–H groups in total. The third-order valence-corrected chi connectivity index (χ3v) is 5.43. The smallest absolute Gasteiger partial charge is 0.421 e. The standard InChI is InChI=1S/C12H23N3O4S/c1-2-19-11(16)14-20(17,18)15-8-4-6-12(10-15)5-3-7-13-9-12/h13H,2-10H2,1H3,(H,14,16). The van der Waals surface area contributed by atoms with Crippen molar-refractivity contribution >= 4 is 16.3 Å². The van der Waals surface area contributed by atoms with E-state index >= 15 is 0 Å². The van der Waals surface area contributed by atoms with Gasteiger partial charge in [0.25, 0.3) is 0 Å². The van der Waals surface area contributed by atoms with Gasteiger partial charge in [-0.25, -0.2) is 9.52 Å². The first kappa shape index (κ1) is 15.5. The van der Waals surface area contributed by atoms with Crippen LogP contribution in [0, 0.1) is 5.41 Å². The van der Waals surface area contributed by atoms with Gasteiger partial charge in [0, 0.05) is 19.6 Å². The fourth-order valence-corrected chi connectivity index (χ4v) is 4.29. The van der Waals surface area contributed by atoms with E-state index in [0.717, 1.165) is 38.8 Å². The predicted molar refractivity (Wildman–Crippen MR) is 74.4 cm³/mol. The molecule has 8 heteroatoms. The largest absolute Gasteiger partial charge is 0.449 e. The molecule has 0 saturated carbocycles. The maximum Gasteiger partial charge on any atom is 0.421 e. The molecule has 2 aliphatic rings. The third kappa shape index (κ3) is 3.62. The Labute approximate surface area is 120 Å². The number of nitrogens with one attached hydrogen (secondary N) is 2. The molecule has 7 nitrogen and oxygen atoms in total. The van der Waals surface area contributed by atoms with Crippen molar-refractivity contribution in [1.82, 2.24) is 14.3 Å². The van der Waals surface area contributed by atoms with Crippen LogP contribution in [0.4, 0.5) is 4.79 Å². The topological polar surface area (TPSA) is 87.7 Å². The van der Waals surface area contributed by atoms with E-state index in [0.29, 0.717) is 13.1 Å². The Morgan fingerprint density at radius 3 is 2.80 bits per heavy atom. The molecule has 2 fully saturated rings. The minimum atomic E-state index is -3.80. The summed E-state index contributed by atoms with van der Waals surface area (Å²) in [4.78, 5) is 11.3. The quantitative estimate of drug-likeness (QED) is 0.790. The molecule has 0 radical (unpaired) electrons. The fraction of sp³-hybridized carbons (Fsp3) is 0.917. The highest BCUT2D eigenvalue weighted by Crippen LogP contribution is 2.36. The lowest BCUT2D eigenvalue weighted by Gasteiger charge is -2.44. The Morgan fingerprint density at radius 2 is 2.15 bits per heavy atom. The zero-order valence-electron chi connectivity index (χ0n) is 11.9. The first-order valence-electron chi connectivity index (χ1n) is 7.13. The molecule has 0 aromatic rings. The Morgan fingerprint density at radius 1 is 1.40 bits per heavy atom. The van der Waals surface area contributed by atoms with Gasteiger partial charge in [0.15, 0.2) is 0 Å². The molecule has 2 aliphatic heterocycles. The highest BCUT2D eigenvalue weighted by molar-refractivity contribution is 7.87. The SMILES string of the molecule is CCOC(=O)NS(=O)(=O)N1CCCC2(CCCNC2)C1. The van der Waals surface area contributed by atoms with Gasteiger partial charge in [-0.3, -0.25) is 0 Å². The second-order valence-electron chi connectivity index (χ2n) is 5.55. The first-order valence-corrected chi connectivity index (χ1v) is 8.57. The molecule has 0 bridgehead atoms. The van der Waals surface area contributed by atoms with Gasteiger partial charge in [0.2, 0.25) is 0 Å². The Balaban J connectivity index is 2.02. The molecule has 1 unspecified atom stereocenters. The lowest BCUT2D eigenvalue weighted by molar-refractivity contribution is 0.109. The number of carbonyl (C=O) groups excluding carboxylic acids is 1. The van der Waals surface area contributed by atoms with Crippen molar-refractivity contribution in [3.05, 3.63) is 0 Å². The summed E-state index contributed by atoms with van der Waals surface area (Å²) in [6, 6.07) is 0. The van der Waals surface area contributed by atoms with Gasteiger partial charge in [-0.2, -0.15) is 12.7 Å². The van der Waals surface area contributed by atoms with Crippen molar-refractivity contribution in [1.29, 1.82) is 0 Å². The van der Waals surface area contributed by atoms with E-state index in [-0.39, 0.29) is 12.0 Å². The molecule has 2 saturated heterocycles. The van der Waals surface area contributed by atoms with E-state index in [1.807, 2.05) is 4.72 Å². The highest BCUT2D eigenvalue weighted by Gasteiger charge is 2.40. The van der Waals surface area contributed by atoms with Crippen molar-refractivity contribution in [2.75, 3.05) is 32.8 Å². The number of hydrogen-bond donors (Lipinski definition) is 2. The highest BCUT2D eigenvalue weighted by atomic mass is 32.2. The van der Waals surface area contributed by atoms with E-state index in [4.69, 9.17) is 0 Å². The predicted octanol–water partition coefficient (Wildman–Crippen LogP) is 0.443. The van der Waals surface area contributed by atoms with E-state index in [9.17, 15) is 13.2 Å². The number of rotatable bonds is 3. The van der Waals surface area contributed by atoms with Gasteiger partial charge in [-0.1, -0.05) is 0 Å². The summed E-state index contributed by atoms with van der Waals surface area (Å²) in [6.45, 7) is 4.55. The van der Waals surface area contributed by atoms with E-state index in [2.05, 4.69) is 10.1 Å². The molecular weight excluding hydrogens is 282 g/mol. The average molecular weight is 305 g/mol. The normalized spacial score (nSPS) is 28.2. The van der Waals surface area contributed by atoms with Gasteiger partial charge >= 0.3 is 16.3 Å². The van der Waals surface area contributed by atoms with Crippen LogP contribution in [-0.4, -0.2) is 51.6 Å². The van der Waals surface area contributed by atoms with Crippen LogP contribution < -0.4 is 10.0 Å². The van der Waals surface area contributed by atoms with Crippen molar-refractivity contribution in [3.8, 4) is 0 Å². The van der Waals surface area contributed by atoms with Gasteiger partial charge in [-0.05, 0) is 44.6 Å². The minimum absolute atomic E-state index is 0.0138. The fourth-order valence-electron chi connectivity index (χ4n) is 3.08. The molecule has 0 aliphatic carbocycles. The van der Waals surface area contributed by atoms with Gasteiger partial charge in [0.05, 0.1) is 6.61 Å². The van der Waals surface area contributed by atoms with Crippen LogP contribution in [0.3, 0.4) is 0 Å². The van der Waals surface area contributed by atoms with Crippen molar-refractivity contribution < 1.29 is 17.9 Å². The number of amides is 1. The molecule has 0 aromatic carbocycles. The maximum atomic E-state index is 12.2. The molecule has 2 rings (SSSR count). The summed E-state index contributed by atoms with van der Waals surface area (Å²) < 4.78 is 32.4. The van der Waals surface area contributed by atoms with E-state index < -0.39 is 16.3 Å². The summed E-state index contributed by atoms with van der Waals surface area (Å²) in [6.07, 6.45) is 3.05. The first-order chi connectivity index (χ1) is 9.47. The Bertz CT molecular complexity index is 440. The number of piperidine rings is 2. The molecular formula is C12H23N3O4S. The number of ether oxygens (including phenoxy) is 1. The van der Waals surface area contributed by atoms with Crippen LogP contribution in [0.25, 0.3) is 0 Å². The van der Waals surface area contributed by atoms with Crippen LogP contribution in [-0.2, 0) is 14.9 Å². The molecule has 0 aromatic heterocycles. The number of carbonyl (C=O) groups is 1. The summed E-state index contributed by atoms with van der Waals surface area (Å²) in [5.74, 6) is 0. The van der Waals surface area contributed by atoms with Crippen molar-refractivity contribution in [3.63, 3.8) is 0 Å². The monoisotopic (exact) mass is 305 g/mol. The molecule has 20 heavy (non-hydrogen) atoms. The average Bonchev–Trinajstić information content (AvgIpc) is 2.39. The molecule has 116 valence electrons. The summed E-state index contributed by atoms with van der Waals surface area (Å²) in [5, 5.41) is 3.34. The molecule has 2 heterocycles. The molecule has 1 spiro atoms. The Kier molecular flexibility index (Phi) is 4.87. The second kappa shape index (κ2) is 6.28. The lowest BCUT2D eigenvalue weighted by atomic mass is 9.75. The molecule has 1 atom stereocenters. The van der Waals surface area contributed by atoms with Crippen LogP contribution in [0.1, 0.15) is 32.6 Å². The maximum absolute atomic E-state index is 12.2. The van der Waals surface area contributed by atoms with Gasteiger partial charge in [0.1, 0.15) is 0 Å². The molecule has 1 amide bonds. The van der Waals surface area contributed by atoms with Gasteiger partial charge in [-0.15, -0.1) is 0 Å². The number of nitrogens with zero attached hydrogens (tertiary/aromatic N) is 1. The van der Waals surface area contributed by atoms with E-state index in [1.54, 1.807) is 6.92 Å². The van der Waals surface area contributed by atoms with Crippen molar-refractivity contribution in [2.24, 2.45) is 5.41 Å². The van der Waals surface area contributed by atoms with Crippen LogP contribution in [0.2, 0.25) is 0 Å². The van der Waals surface area contributed by atoms with Crippen LogP contribution in [0.15, 0.2) is 0 Å². The van der Waals surface area contributed by atoms with E-state index in [1.165, 1.54) is 4.31 Å². The van der Waals surface area contributed by atoms with Crippen LogP contribution in [0.5, 0.6) is 0 Å². The summed E-state index contributed by atoms with van der Waals surface area (Å²) >= 11 is 0. The third-order valence-electron chi connectivity index (χ3n) is 4.01. The number of hydrogen-bond acceptors (Lipinski definition) is 5. The zero-order valence-corrected chi connectivity index (χ0v) is 12.7. The zero-order chi connectivity index (χ0) is 14.6. The summed E-state index contributed by atoms with van der Waals surface area (Å²) in [5.41, 5.74) is 0.0138. The van der Waals surface area contributed by atoms with Gasteiger partial charge < -0.3 is 10.1 Å². The minimum Gasteiger partial charge on any atom is -0.449 e. The second-order valence-corrected chi connectivity index (χ2v) is 7.22. The van der Waals surface area contributed by atoms with Crippen molar-refractivity contribution in [2.45, 2.75) is 32.6 Å². The lowest BCUT2D eigenvalue weighted by Crippen LogP contribution is -2.55. The van der Waals surface area contributed by atoms with Crippen LogP contribution >= 0.6 is 0 Å². The summed E-state index contributed by atoms with van der Waals surface area (Å²) in [7, 11) is -3.80. The Hall–Kier alpha value is -0.860.